The van der Waals surface area contributed by atoms with Gasteiger partial charge in [0.25, 0.3) is 9.90 Å². The predicted molar refractivity (Wildman–Crippen MR) is 90.9 cm³/mol. The Balaban J connectivity index is 1.60. The molecule has 0 radical (unpaired) electrons. The van der Waals surface area contributed by atoms with Gasteiger partial charge in [-0.25, -0.2) is 0 Å². The molecular weight excluding hydrogens is 350 g/mol. The zero-order chi connectivity index (χ0) is 16.1. The van der Waals surface area contributed by atoms with Crippen LogP contribution in [0.15, 0.2) is 51.7 Å². The molecular formula is C16H15ClN3OS2+. The summed E-state index contributed by atoms with van der Waals surface area (Å²) >= 11 is 8.09. The maximum atomic E-state index is 12.1. The van der Waals surface area contributed by atoms with Crippen molar-refractivity contribution in [1.29, 1.82) is 0 Å². The minimum absolute atomic E-state index is 0.160. The van der Waals surface area contributed by atoms with Gasteiger partial charge in [-0.3, -0.25) is 9.78 Å². The van der Waals surface area contributed by atoms with Crippen LogP contribution < -0.4 is 5.56 Å². The summed E-state index contributed by atoms with van der Waals surface area (Å²) in [6.45, 7) is 0. The first kappa shape index (κ1) is 16.2. The van der Waals surface area contributed by atoms with Gasteiger partial charge in [-0.15, -0.1) is 10.2 Å². The summed E-state index contributed by atoms with van der Waals surface area (Å²) in [5.41, 5.74) is 2.64. The highest BCUT2D eigenvalue weighted by atomic mass is 35.5. The van der Waals surface area contributed by atoms with Crippen molar-refractivity contribution in [1.82, 2.24) is 15.2 Å². The summed E-state index contributed by atoms with van der Waals surface area (Å²) in [7, 11) is 0. The van der Waals surface area contributed by atoms with E-state index in [-0.39, 0.29) is 5.56 Å². The van der Waals surface area contributed by atoms with E-state index < -0.39 is 0 Å². The van der Waals surface area contributed by atoms with E-state index in [0.717, 1.165) is 22.1 Å². The van der Waals surface area contributed by atoms with Gasteiger partial charge >= 0.3 is 0 Å². The minimum atomic E-state index is -0.160. The van der Waals surface area contributed by atoms with Crippen LogP contribution >= 0.6 is 23.1 Å². The van der Waals surface area contributed by atoms with E-state index >= 15 is 0 Å². The molecule has 0 saturated carbocycles. The lowest BCUT2D eigenvalue weighted by Gasteiger charge is -2.02. The molecule has 0 bridgehead atoms. The van der Waals surface area contributed by atoms with Crippen LogP contribution in [-0.2, 0) is 18.6 Å². The van der Waals surface area contributed by atoms with Crippen LogP contribution in [0.2, 0.25) is 4.34 Å². The second-order valence-corrected chi connectivity index (χ2v) is 7.53. The molecule has 0 saturated heterocycles. The van der Waals surface area contributed by atoms with E-state index in [0.29, 0.717) is 17.3 Å². The Bertz CT molecular complexity index is 833. The van der Waals surface area contributed by atoms with Crippen molar-refractivity contribution in [3.8, 4) is 0 Å². The monoisotopic (exact) mass is 364 g/mol. The van der Waals surface area contributed by atoms with Gasteiger partial charge in [0.2, 0.25) is 0 Å². The normalized spacial score (nSPS) is 10.8. The third-order valence-corrected chi connectivity index (χ3v) is 5.35. The maximum absolute atomic E-state index is 12.1. The Morgan fingerprint density at radius 3 is 2.65 bits per heavy atom. The van der Waals surface area contributed by atoms with Crippen LogP contribution in [0, 0.1) is 11.6 Å². The lowest BCUT2D eigenvalue weighted by Crippen LogP contribution is -2.18. The quantitative estimate of drug-likeness (QED) is 0.683. The topological polar surface area (TPSA) is 58.6 Å². The second-order valence-electron chi connectivity index (χ2n) is 4.95. The number of hydrogen-bond acceptors (Lipinski definition) is 5. The standard InChI is InChI=1S/C16H14ClN3OS2/c17-14-8-12(9-22-14)10-23-16-18-15(21)13(19-20-16)7-6-11-4-2-1-3-5-11/h1-5,8-9,17H,6-7,10H2/p+1. The first-order valence-electron chi connectivity index (χ1n) is 7.08. The fourth-order valence-corrected chi connectivity index (χ4v) is 3.83. The van der Waals surface area contributed by atoms with E-state index in [1.54, 1.807) is 11.3 Å². The molecule has 7 heteroatoms. The second kappa shape index (κ2) is 7.77. The minimum Gasteiger partial charge on any atom is -0.298 e. The Hall–Kier alpha value is -1.63. The fraction of sp³-hybridized carbons (Fsp3) is 0.188. The molecule has 4 nitrogen and oxygen atoms in total. The number of benzene rings is 1. The van der Waals surface area contributed by atoms with Gasteiger partial charge in [-0.05, 0) is 17.5 Å². The number of aryl methyl sites for hydroxylation is 2. The molecule has 0 atom stereocenters. The number of hydrogen-bond donors (Lipinski definition) is 1. The number of aromatic amines is 1. The fourth-order valence-electron chi connectivity index (χ4n) is 2.06. The highest BCUT2D eigenvalue weighted by molar-refractivity contribution is 7.98. The van der Waals surface area contributed by atoms with Crippen LogP contribution in [0.4, 0.5) is 0 Å². The van der Waals surface area contributed by atoms with Gasteiger partial charge in [0.05, 0.1) is 0 Å². The first-order chi connectivity index (χ1) is 11.2. The zero-order valence-electron chi connectivity index (χ0n) is 12.2. The third kappa shape index (κ3) is 4.67. The molecule has 0 fully saturated rings. The number of aromatic nitrogens is 3. The van der Waals surface area contributed by atoms with Crippen molar-refractivity contribution in [2.24, 2.45) is 0 Å². The average molecular weight is 365 g/mol. The molecule has 2 aromatic heterocycles. The SMILES string of the molecule is O=c1[nH]c(SCc2csc([ClH+])c2)nnc1CCc1ccccc1. The molecule has 0 aliphatic rings. The summed E-state index contributed by atoms with van der Waals surface area (Å²) in [6, 6.07) is 12.0. The van der Waals surface area contributed by atoms with Crippen LogP contribution in [0.5, 0.6) is 0 Å². The number of rotatable bonds is 6. The number of thiophene rings is 1. The van der Waals surface area contributed by atoms with Crippen LogP contribution in [0.3, 0.4) is 0 Å². The number of nitrogens with one attached hydrogen (secondary N) is 1. The van der Waals surface area contributed by atoms with Crippen molar-refractivity contribution in [3.05, 3.63) is 73.3 Å². The molecule has 2 heterocycles. The van der Waals surface area contributed by atoms with Gasteiger partial charge in [-0.2, -0.15) is 0 Å². The van der Waals surface area contributed by atoms with E-state index in [1.807, 2.05) is 41.8 Å². The van der Waals surface area contributed by atoms with Gasteiger partial charge in [0.1, 0.15) is 5.69 Å². The zero-order valence-corrected chi connectivity index (χ0v) is 14.6. The molecule has 0 aliphatic carbocycles. The van der Waals surface area contributed by atoms with Crippen LogP contribution in [0.1, 0.15) is 16.8 Å². The van der Waals surface area contributed by atoms with E-state index in [1.165, 1.54) is 17.3 Å². The lowest BCUT2D eigenvalue weighted by atomic mass is 10.1. The van der Waals surface area contributed by atoms with Crippen LogP contribution in [0.25, 0.3) is 0 Å². The molecule has 1 aromatic carbocycles. The largest absolute Gasteiger partial charge is 0.298 e. The smallest absolute Gasteiger partial charge is 0.280 e. The Morgan fingerprint density at radius 1 is 1.13 bits per heavy atom. The highest BCUT2D eigenvalue weighted by Gasteiger charge is 2.08. The maximum Gasteiger partial charge on any atom is 0.280 e. The number of nitrogens with zero attached hydrogens (tertiary/aromatic N) is 2. The van der Waals surface area contributed by atoms with Crippen molar-refractivity contribution >= 4 is 23.1 Å². The summed E-state index contributed by atoms with van der Waals surface area (Å²) in [4.78, 5) is 14.9. The summed E-state index contributed by atoms with van der Waals surface area (Å²) in [6.07, 6.45) is 1.36. The van der Waals surface area contributed by atoms with Crippen molar-refractivity contribution < 1.29 is 11.6 Å². The Labute approximate surface area is 146 Å². The Morgan fingerprint density at radius 2 is 1.96 bits per heavy atom. The molecule has 1 N–H and O–H groups in total. The molecule has 3 rings (SSSR count). The van der Waals surface area contributed by atoms with E-state index in [2.05, 4.69) is 15.2 Å². The molecule has 0 spiro atoms. The molecule has 118 valence electrons. The van der Waals surface area contributed by atoms with Gasteiger partial charge in [0.15, 0.2) is 16.8 Å². The third-order valence-electron chi connectivity index (χ3n) is 3.24. The van der Waals surface area contributed by atoms with E-state index in [4.69, 9.17) is 11.6 Å². The van der Waals surface area contributed by atoms with Crippen LogP contribution in [-0.4, -0.2) is 15.2 Å². The van der Waals surface area contributed by atoms with Gasteiger partial charge in [-0.1, -0.05) is 53.4 Å². The van der Waals surface area contributed by atoms with Gasteiger partial charge in [0, 0.05) is 23.6 Å². The molecule has 0 amide bonds. The van der Waals surface area contributed by atoms with Gasteiger partial charge < -0.3 is 0 Å². The molecule has 0 aliphatic heterocycles. The number of halogens is 1. The van der Waals surface area contributed by atoms with Crippen molar-refractivity contribution in [2.75, 3.05) is 0 Å². The Kier molecular flexibility index (Phi) is 5.48. The molecule has 0 unspecified atom stereocenters. The summed E-state index contributed by atoms with van der Waals surface area (Å²) in [5.74, 6) is 0.723. The van der Waals surface area contributed by atoms with Crippen molar-refractivity contribution in [2.45, 2.75) is 23.8 Å². The summed E-state index contributed by atoms with van der Waals surface area (Å²) in [5, 5.41) is 10.7. The number of H-pyrrole nitrogens is 1. The highest BCUT2D eigenvalue weighted by Crippen LogP contribution is 2.22. The summed E-state index contributed by atoms with van der Waals surface area (Å²) < 4.78 is 0.872. The molecule has 23 heavy (non-hydrogen) atoms. The van der Waals surface area contributed by atoms with Crippen molar-refractivity contribution in [3.63, 3.8) is 0 Å². The lowest BCUT2D eigenvalue weighted by molar-refractivity contribution is -0.281. The predicted octanol–water partition coefficient (Wildman–Crippen LogP) is 3.00. The first-order valence-corrected chi connectivity index (χ1v) is 9.35. The van der Waals surface area contributed by atoms with E-state index in [9.17, 15) is 4.79 Å². The number of thioether (sulfide) groups is 1. The molecule has 3 aromatic rings. The average Bonchev–Trinajstić information content (AvgIpc) is 2.98.